The SMILES string of the molecule is CC(O)(c1cccc(C#N)c1)c1occc1C(=O)O. The van der Waals surface area contributed by atoms with Crippen molar-refractivity contribution in [3.05, 3.63) is 59.0 Å². The third kappa shape index (κ3) is 2.21. The summed E-state index contributed by atoms with van der Waals surface area (Å²) < 4.78 is 5.10. The van der Waals surface area contributed by atoms with E-state index in [2.05, 4.69) is 0 Å². The predicted molar refractivity (Wildman–Crippen MR) is 65.5 cm³/mol. The van der Waals surface area contributed by atoms with Gasteiger partial charge < -0.3 is 14.6 Å². The second-order valence-corrected chi connectivity index (χ2v) is 4.23. The fourth-order valence-electron chi connectivity index (χ4n) is 1.88. The van der Waals surface area contributed by atoms with Crippen LogP contribution >= 0.6 is 0 Å². The summed E-state index contributed by atoms with van der Waals surface area (Å²) in [7, 11) is 0. The van der Waals surface area contributed by atoms with Gasteiger partial charge in [-0.15, -0.1) is 0 Å². The summed E-state index contributed by atoms with van der Waals surface area (Å²) in [6, 6.07) is 9.56. The lowest BCUT2D eigenvalue weighted by atomic mass is 9.90. The summed E-state index contributed by atoms with van der Waals surface area (Å²) in [6.07, 6.45) is 1.21. The largest absolute Gasteiger partial charge is 0.478 e. The molecule has 0 bridgehead atoms. The van der Waals surface area contributed by atoms with Crippen molar-refractivity contribution in [2.24, 2.45) is 0 Å². The molecule has 0 aliphatic carbocycles. The maximum Gasteiger partial charge on any atom is 0.339 e. The van der Waals surface area contributed by atoms with Crippen molar-refractivity contribution in [2.75, 3.05) is 0 Å². The first-order chi connectivity index (χ1) is 8.96. The van der Waals surface area contributed by atoms with E-state index in [1.807, 2.05) is 6.07 Å². The Morgan fingerprint density at radius 2 is 2.16 bits per heavy atom. The van der Waals surface area contributed by atoms with E-state index >= 15 is 0 Å². The molecule has 1 aromatic heterocycles. The Kier molecular flexibility index (Phi) is 3.11. The van der Waals surface area contributed by atoms with E-state index < -0.39 is 11.6 Å². The van der Waals surface area contributed by atoms with Crippen LogP contribution in [0.4, 0.5) is 0 Å². The number of nitrogens with zero attached hydrogens (tertiary/aromatic N) is 1. The smallest absolute Gasteiger partial charge is 0.339 e. The number of aliphatic hydroxyl groups is 1. The summed E-state index contributed by atoms with van der Waals surface area (Å²) in [5.74, 6) is -1.24. The van der Waals surface area contributed by atoms with Crippen LogP contribution in [0.1, 0.15) is 34.2 Å². The number of furan rings is 1. The van der Waals surface area contributed by atoms with Gasteiger partial charge in [0.05, 0.1) is 17.9 Å². The van der Waals surface area contributed by atoms with Crippen molar-refractivity contribution >= 4 is 5.97 Å². The summed E-state index contributed by atoms with van der Waals surface area (Å²) >= 11 is 0. The van der Waals surface area contributed by atoms with Gasteiger partial charge in [0.25, 0.3) is 0 Å². The average Bonchev–Trinajstić information content (AvgIpc) is 2.89. The van der Waals surface area contributed by atoms with Crippen molar-refractivity contribution in [3.63, 3.8) is 0 Å². The van der Waals surface area contributed by atoms with Gasteiger partial charge in [-0.2, -0.15) is 5.26 Å². The van der Waals surface area contributed by atoms with E-state index in [1.165, 1.54) is 25.3 Å². The van der Waals surface area contributed by atoms with Crippen LogP contribution in [0.15, 0.2) is 41.0 Å². The first kappa shape index (κ1) is 12.9. The molecule has 0 amide bonds. The quantitative estimate of drug-likeness (QED) is 0.878. The number of rotatable bonds is 3. The molecule has 1 atom stereocenters. The van der Waals surface area contributed by atoms with Gasteiger partial charge >= 0.3 is 5.97 Å². The minimum Gasteiger partial charge on any atom is -0.478 e. The third-order valence-corrected chi connectivity index (χ3v) is 2.89. The number of aromatic carboxylic acids is 1. The molecule has 0 spiro atoms. The molecule has 0 radical (unpaired) electrons. The van der Waals surface area contributed by atoms with Gasteiger partial charge in [-0.25, -0.2) is 4.79 Å². The summed E-state index contributed by atoms with van der Waals surface area (Å²) in [5.41, 5.74) is -0.957. The first-order valence-corrected chi connectivity index (χ1v) is 5.51. The highest BCUT2D eigenvalue weighted by molar-refractivity contribution is 5.89. The Morgan fingerprint density at radius 1 is 1.42 bits per heavy atom. The molecule has 2 N–H and O–H groups in total. The maximum absolute atomic E-state index is 11.1. The maximum atomic E-state index is 11.1. The highest BCUT2D eigenvalue weighted by atomic mass is 16.4. The Hall–Kier alpha value is -2.58. The van der Waals surface area contributed by atoms with Crippen LogP contribution in [-0.4, -0.2) is 16.2 Å². The van der Waals surface area contributed by atoms with Crippen molar-refractivity contribution in [3.8, 4) is 6.07 Å². The lowest BCUT2D eigenvalue weighted by molar-refractivity contribution is 0.0615. The molecule has 0 aliphatic rings. The molecule has 0 fully saturated rings. The first-order valence-electron chi connectivity index (χ1n) is 5.51. The normalized spacial score (nSPS) is 13.5. The number of carboxylic acids is 1. The number of carbonyl (C=O) groups is 1. The molecule has 0 saturated heterocycles. The molecule has 0 aliphatic heterocycles. The minimum atomic E-state index is -1.62. The van der Waals surface area contributed by atoms with E-state index in [-0.39, 0.29) is 11.3 Å². The minimum absolute atomic E-state index is 0.0601. The number of carboxylic acid groups (broad SMARTS) is 1. The van der Waals surface area contributed by atoms with E-state index in [0.29, 0.717) is 11.1 Å². The second kappa shape index (κ2) is 4.59. The predicted octanol–water partition coefficient (Wildman–Crippen LogP) is 2.11. The Labute approximate surface area is 109 Å². The monoisotopic (exact) mass is 257 g/mol. The molecule has 96 valence electrons. The van der Waals surface area contributed by atoms with Crippen LogP contribution in [0.2, 0.25) is 0 Å². The van der Waals surface area contributed by atoms with Crippen LogP contribution in [0.5, 0.6) is 0 Å². The van der Waals surface area contributed by atoms with Gasteiger partial charge in [-0.1, -0.05) is 12.1 Å². The zero-order valence-corrected chi connectivity index (χ0v) is 10.1. The topological polar surface area (TPSA) is 94.5 Å². The molecule has 1 unspecified atom stereocenters. The molecule has 5 heteroatoms. The third-order valence-electron chi connectivity index (χ3n) is 2.89. The zero-order valence-electron chi connectivity index (χ0n) is 10.1. The Balaban J connectivity index is 2.55. The van der Waals surface area contributed by atoms with Crippen LogP contribution in [-0.2, 0) is 5.60 Å². The number of hydrogen-bond donors (Lipinski definition) is 2. The summed E-state index contributed by atoms with van der Waals surface area (Å²) in [6.45, 7) is 1.43. The number of hydrogen-bond acceptors (Lipinski definition) is 4. The van der Waals surface area contributed by atoms with E-state index in [4.69, 9.17) is 14.8 Å². The van der Waals surface area contributed by atoms with Crippen LogP contribution < -0.4 is 0 Å². The van der Waals surface area contributed by atoms with E-state index in [1.54, 1.807) is 18.2 Å². The molecule has 2 aromatic rings. The van der Waals surface area contributed by atoms with Gasteiger partial charge in [0, 0.05) is 0 Å². The van der Waals surface area contributed by atoms with Gasteiger partial charge in [-0.05, 0) is 30.7 Å². The molecule has 1 aromatic carbocycles. The van der Waals surface area contributed by atoms with Gasteiger partial charge in [0.2, 0.25) is 0 Å². The van der Waals surface area contributed by atoms with Gasteiger partial charge in [0.1, 0.15) is 11.2 Å². The molecule has 0 saturated carbocycles. The summed E-state index contributed by atoms with van der Waals surface area (Å²) in [4.78, 5) is 11.1. The molecular formula is C14H11NO4. The van der Waals surface area contributed by atoms with Gasteiger partial charge in [-0.3, -0.25) is 0 Å². The van der Waals surface area contributed by atoms with E-state index in [0.717, 1.165) is 0 Å². The van der Waals surface area contributed by atoms with Gasteiger partial charge in [0.15, 0.2) is 5.76 Å². The van der Waals surface area contributed by atoms with Crippen molar-refractivity contribution in [1.82, 2.24) is 0 Å². The van der Waals surface area contributed by atoms with Crippen LogP contribution in [0, 0.1) is 11.3 Å². The molecule has 5 nitrogen and oxygen atoms in total. The number of benzene rings is 1. The van der Waals surface area contributed by atoms with E-state index in [9.17, 15) is 9.90 Å². The molecule has 19 heavy (non-hydrogen) atoms. The molecule has 1 heterocycles. The van der Waals surface area contributed by atoms with Crippen molar-refractivity contribution < 1.29 is 19.4 Å². The van der Waals surface area contributed by atoms with Crippen molar-refractivity contribution in [2.45, 2.75) is 12.5 Å². The van der Waals surface area contributed by atoms with Crippen LogP contribution in [0.25, 0.3) is 0 Å². The number of nitriles is 1. The zero-order chi connectivity index (χ0) is 14.0. The van der Waals surface area contributed by atoms with Crippen molar-refractivity contribution in [1.29, 1.82) is 5.26 Å². The molecular weight excluding hydrogens is 246 g/mol. The fourth-order valence-corrected chi connectivity index (χ4v) is 1.88. The highest BCUT2D eigenvalue weighted by Crippen LogP contribution is 2.32. The molecule has 2 rings (SSSR count). The lowest BCUT2D eigenvalue weighted by Crippen LogP contribution is -2.24. The standard InChI is InChI=1S/C14H11NO4/c1-14(18,10-4-2-3-9(7-10)8-15)12-11(13(16)17)5-6-19-12/h2-7,18H,1H3,(H,16,17). The highest BCUT2D eigenvalue weighted by Gasteiger charge is 2.34. The Bertz CT molecular complexity index is 664. The lowest BCUT2D eigenvalue weighted by Gasteiger charge is -2.22. The average molecular weight is 257 g/mol. The fraction of sp³-hybridized carbons (Fsp3) is 0.143. The second-order valence-electron chi connectivity index (χ2n) is 4.23. The summed E-state index contributed by atoms with van der Waals surface area (Å²) in [5, 5.41) is 28.4. The Morgan fingerprint density at radius 3 is 2.79 bits per heavy atom. The van der Waals surface area contributed by atoms with Crippen LogP contribution in [0.3, 0.4) is 0 Å².